The average molecular weight is 186 g/mol. The number of rotatable bonds is 6. The Labute approximate surface area is 80.6 Å². The summed E-state index contributed by atoms with van der Waals surface area (Å²) in [5.74, 6) is 0. The van der Waals surface area contributed by atoms with Crippen LogP contribution in [0.2, 0.25) is 0 Å². The molecule has 1 saturated heterocycles. The molecule has 1 aliphatic heterocycles. The van der Waals surface area contributed by atoms with Gasteiger partial charge in [-0.1, -0.05) is 26.2 Å². The quantitative estimate of drug-likeness (QED) is 0.403. The maximum atomic E-state index is 5.75. The van der Waals surface area contributed by atoms with E-state index in [0.717, 1.165) is 6.42 Å². The fourth-order valence-electron chi connectivity index (χ4n) is 1.73. The van der Waals surface area contributed by atoms with Crippen LogP contribution < -0.4 is 16.8 Å². The molecule has 1 rings (SSSR count). The van der Waals surface area contributed by atoms with Crippen molar-refractivity contribution in [1.82, 2.24) is 10.2 Å². The maximum Gasteiger partial charge on any atom is 0.0893 e. The van der Waals surface area contributed by atoms with Gasteiger partial charge in [0.05, 0.1) is 18.5 Å². The van der Waals surface area contributed by atoms with Crippen molar-refractivity contribution in [2.75, 3.05) is 7.05 Å². The van der Waals surface area contributed by atoms with Crippen LogP contribution in [0.25, 0.3) is 0 Å². The van der Waals surface area contributed by atoms with Crippen molar-refractivity contribution >= 4 is 0 Å². The molecule has 0 aromatic carbocycles. The highest BCUT2D eigenvalue weighted by atomic mass is 15.5. The molecule has 0 radical (unpaired) electrons. The number of hydrogen-bond acceptors (Lipinski definition) is 4. The lowest BCUT2D eigenvalue weighted by atomic mass is 10.2. The van der Waals surface area contributed by atoms with Crippen molar-refractivity contribution in [1.29, 1.82) is 0 Å². The van der Waals surface area contributed by atoms with E-state index in [1.807, 2.05) is 7.05 Å². The van der Waals surface area contributed by atoms with Gasteiger partial charge in [0, 0.05) is 0 Å². The lowest BCUT2D eigenvalue weighted by Crippen LogP contribution is -2.36. The molecule has 0 spiro atoms. The molecule has 3 unspecified atom stereocenters. The minimum atomic E-state index is 0.0686. The second-order valence-electron chi connectivity index (χ2n) is 3.73. The molecule has 1 heterocycles. The van der Waals surface area contributed by atoms with E-state index in [0.29, 0.717) is 6.17 Å². The standard InChI is InChI=1S/C9H22N4/c1-3-4-5-6-7(12-2)13-8(10)9(13)11/h7-9,12H,3-6,10-11H2,1-2H3. The first-order valence-corrected chi connectivity index (χ1v) is 5.18. The first-order chi connectivity index (χ1) is 6.22. The Balaban J connectivity index is 2.20. The summed E-state index contributed by atoms with van der Waals surface area (Å²) >= 11 is 0. The largest absolute Gasteiger partial charge is 0.313 e. The SMILES string of the molecule is CCCCCC(NC)N1C(N)C1N. The van der Waals surface area contributed by atoms with Gasteiger partial charge in [0.1, 0.15) is 0 Å². The van der Waals surface area contributed by atoms with E-state index in [-0.39, 0.29) is 12.3 Å². The number of hydrogen-bond donors (Lipinski definition) is 3. The Bertz CT molecular complexity index is 143. The molecule has 0 aromatic rings. The van der Waals surface area contributed by atoms with Crippen LogP contribution in [-0.2, 0) is 0 Å². The maximum absolute atomic E-state index is 5.75. The first-order valence-electron chi connectivity index (χ1n) is 5.18. The van der Waals surface area contributed by atoms with E-state index < -0.39 is 0 Å². The number of nitrogens with one attached hydrogen (secondary N) is 1. The van der Waals surface area contributed by atoms with Gasteiger partial charge in [0.15, 0.2) is 0 Å². The molecule has 0 amide bonds. The molecular weight excluding hydrogens is 164 g/mol. The van der Waals surface area contributed by atoms with Crippen LogP contribution >= 0.6 is 0 Å². The van der Waals surface area contributed by atoms with Crippen molar-refractivity contribution in [3.8, 4) is 0 Å². The fraction of sp³-hybridized carbons (Fsp3) is 1.00. The van der Waals surface area contributed by atoms with Gasteiger partial charge in [0.25, 0.3) is 0 Å². The van der Waals surface area contributed by atoms with Gasteiger partial charge in [-0.25, -0.2) is 0 Å². The number of nitrogens with two attached hydrogens (primary N) is 2. The molecule has 0 saturated carbocycles. The van der Waals surface area contributed by atoms with Crippen LogP contribution in [0.5, 0.6) is 0 Å². The normalized spacial score (nSPS) is 34.6. The van der Waals surface area contributed by atoms with Gasteiger partial charge in [-0.05, 0) is 13.5 Å². The summed E-state index contributed by atoms with van der Waals surface area (Å²) in [4.78, 5) is 2.12. The molecule has 4 nitrogen and oxygen atoms in total. The number of nitrogens with zero attached hydrogens (tertiary/aromatic N) is 1. The smallest absolute Gasteiger partial charge is 0.0893 e. The second kappa shape index (κ2) is 4.91. The van der Waals surface area contributed by atoms with Crippen LogP contribution in [0.3, 0.4) is 0 Å². The van der Waals surface area contributed by atoms with E-state index in [4.69, 9.17) is 11.5 Å². The summed E-state index contributed by atoms with van der Waals surface area (Å²) in [6.45, 7) is 2.21. The minimum Gasteiger partial charge on any atom is -0.313 e. The van der Waals surface area contributed by atoms with Gasteiger partial charge in [-0.3, -0.25) is 4.90 Å². The topological polar surface area (TPSA) is 67.1 Å². The van der Waals surface area contributed by atoms with Crippen molar-refractivity contribution in [2.45, 2.75) is 51.1 Å². The molecular formula is C9H22N4. The van der Waals surface area contributed by atoms with Crippen LogP contribution in [0.1, 0.15) is 32.6 Å². The fourth-order valence-corrected chi connectivity index (χ4v) is 1.73. The molecule has 3 atom stereocenters. The highest BCUT2D eigenvalue weighted by Crippen LogP contribution is 2.23. The Morgan fingerprint density at radius 1 is 1.31 bits per heavy atom. The van der Waals surface area contributed by atoms with E-state index in [1.165, 1.54) is 19.3 Å². The van der Waals surface area contributed by atoms with E-state index in [9.17, 15) is 0 Å². The average Bonchev–Trinajstić information content (AvgIpc) is 2.70. The van der Waals surface area contributed by atoms with Gasteiger partial charge >= 0.3 is 0 Å². The second-order valence-corrected chi connectivity index (χ2v) is 3.73. The number of unbranched alkanes of at least 4 members (excludes halogenated alkanes) is 2. The van der Waals surface area contributed by atoms with E-state index >= 15 is 0 Å². The van der Waals surface area contributed by atoms with Crippen LogP contribution in [0, 0.1) is 0 Å². The summed E-state index contributed by atoms with van der Waals surface area (Å²) in [5.41, 5.74) is 11.5. The first kappa shape index (κ1) is 10.9. The molecule has 78 valence electrons. The van der Waals surface area contributed by atoms with Crippen LogP contribution in [-0.4, -0.2) is 30.4 Å². The summed E-state index contributed by atoms with van der Waals surface area (Å²) in [7, 11) is 1.97. The van der Waals surface area contributed by atoms with Crippen molar-refractivity contribution in [2.24, 2.45) is 11.5 Å². The summed E-state index contributed by atoms with van der Waals surface area (Å²) in [5, 5.41) is 3.25. The van der Waals surface area contributed by atoms with Gasteiger partial charge < -0.3 is 16.8 Å². The Kier molecular flexibility index (Phi) is 4.12. The van der Waals surface area contributed by atoms with Gasteiger partial charge in [-0.15, -0.1) is 0 Å². The Hall–Kier alpha value is -0.160. The molecule has 5 N–H and O–H groups in total. The summed E-state index contributed by atoms with van der Waals surface area (Å²) < 4.78 is 0. The highest BCUT2D eigenvalue weighted by molar-refractivity contribution is 4.96. The summed E-state index contributed by atoms with van der Waals surface area (Å²) in [6.07, 6.45) is 5.45. The zero-order valence-electron chi connectivity index (χ0n) is 8.66. The van der Waals surface area contributed by atoms with Crippen LogP contribution in [0.4, 0.5) is 0 Å². The molecule has 0 bridgehead atoms. The molecule has 1 aliphatic rings. The zero-order valence-corrected chi connectivity index (χ0v) is 8.66. The van der Waals surface area contributed by atoms with Crippen molar-refractivity contribution in [3.05, 3.63) is 0 Å². The van der Waals surface area contributed by atoms with Crippen LogP contribution in [0.15, 0.2) is 0 Å². The predicted octanol–water partition coefficient (Wildman–Crippen LogP) is -0.00260. The van der Waals surface area contributed by atoms with Crippen molar-refractivity contribution in [3.63, 3.8) is 0 Å². The Morgan fingerprint density at radius 3 is 2.31 bits per heavy atom. The van der Waals surface area contributed by atoms with Crippen molar-refractivity contribution < 1.29 is 0 Å². The Morgan fingerprint density at radius 2 is 1.92 bits per heavy atom. The zero-order chi connectivity index (χ0) is 9.84. The summed E-state index contributed by atoms with van der Waals surface area (Å²) in [6, 6.07) is 0. The molecule has 0 aliphatic carbocycles. The lowest BCUT2D eigenvalue weighted by molar-refractivity contribution is 0.286. The molecule has 0 aromatic heterocycles. The molecule has 13 heavy (non-hydrogen) atoms. The highest BCUT2D eigenvalue weighted by Gasteiger charge is 2.45. The molecule has 1 fully saturated rings. The lowest BCUT2D eigenvalue weighted by Gasteiger charge is -2.17. The van der Waals surface area contributed by atoms with E-state index in [1.54, 1.807) is 0 Å². The van der Waals surface area contributed by atoms with E-state index in [2.05, 4.69) is 17.1 Å². The third-order valence-corrected chi connectivity index (χ3v) is 2.72. The van der Waals surface area contributed by atoms with Gasteiger partial charge in [-0.2, -0.15) is 0 Å². The van der Waals surface area contributed by atoms with Gasteiger partial charge in [0.2, 0.25) is 0 Å². The predicted molar refractivity (Wildman–Crippen MR) is 54.8 cm³/mol. The third kappa shape index (κ3) is 2.64. The monoisotopic (exact) mass is 186 g/mol. The third-order valence-electron chi connectivity index (χ3n) is 2.72. The molecule has 4 heteroatoms. The minimum absolute atomic E-state index is 0.0686.